The van der Waals surface area contributed by atoms with Crippen molar-refractivity contribution in [3.8, 4) is 0 Å². The van der Waals surface area contributed by atoms with Gasteiger partial charge in [-0.25, -0.2) is 9.80 Å². The number of hydrazine groups is 1. The normalized spacial score (nSPS) is 15.9. The Morgan fingerprint density at radius 2 is 1.84 bits per heavy atom. The van der Waals surface area contributed by atoms with E-state index in [2.05, 4.69) is 10.7 Å². The first-order chi connectivity index (χ1) is 11.6. The summed E-state index contributed by atoms with van der Waals surface area (Å²) in [4.78, 5) is 35.5. The Bertz CT molecular complexity index is 647. The van der Waals surface area contributed by atoms with Crippen LogP contribution in [0, 0.1) is 0 Å². The zero-order valence-corrected chi connectivity index (χ0v) is 15.2. The van der Waals surface area contributed by atoms with E-state index in [-0.39, 0.29) is 25.3 Å². The highest BCUT2D eigenvalue weighted by molar-refractivity contribution is 6.30. The summed E-state index contributed by atoms with van der Waals surface area (Å²) in [6, 6.07) is 6.16. The average Bonchev–Trinajstić information content (AvgIpc) is 2.45. The van der Waals surface area contributed by atoms with Gasteiger partial charge in [0, 0.05) is 11.4 Å². The van der Waals surface area contributed by atoms with Crippen molar-refractivity contribution in [2.75, 3.05) is 13.1 Å². The molecule has 1 saturated heterocycles. The van der Waals surface area contributed by atoms with Crippen LogP contribution in [0.25, 0.3) is 0 Å². The molecule has 136 valence electrons. The smallest absolute Gasteiger partial charge is 0.408 e. The van der Waals surface area contributed by atoms with Crippen molar-refractivity contribution in [1.82, 2.24) is 15.8 Å². The molecule has 1 aromatic carbocycles. The number of benzene rings is 1. The molecule has 2 rings (SSSR count). The Hall–Kier alpha value is -2.12. The summed E-state index contributed by atoms with van der Waals surface area (Å²) in [6.45, 7) is 5.57. The second-order valence-electron chi connectivity index (χ2n) is 6.90. The Morgan fingerprint density at radius 3 is 2.36 bits per heavy atom. The highest BCUT2D eigenvalue weighted by Crippen LogP contribution is 2.12. The number of carbonyl (C=O) groups excluding carboxylic acids is 3. The molecule has 0 saturated carbocycles. The van der Waals surface area contributed by atoms with E-state index < -0.39 is 23.6 Å². The number of amides is 2. The quantitative estimate of drug-likeness (QED) is 0.826. The molecule has 1 atom stereocenters. The van der Waals surface area contributed by atoms with Gasteiger partial charge in [-0.05, 0) is 38.5 Å². The number of ether oxygens (including phenoxy) is 1. The lowest BCUT2D eigenvalue weighted by Crippen LogP contribution is -2.60. The molecule has 1 aliphatic heterocycles. The zero-order valence-electron chi connectivity index (χ0n) is 14.5. The molecule has 25 heavy (non-hydrogen) atoms. The van der Waals surface area contributed by atoms with Crippen LogP contribution >= 0.6 is 11.6 Å². The molecule has 0 bridgehead atoms. The summed E-state index contributed by atoms with van der Waals surface area (Å²) < 4.78 is 5.22. The van der Waals surface area contributed by atoms with Crippen LogP contribution in [0.3, 0.4) is 0 Å². The Kier molecular flexibility index (Phi) is 6.02. The van der Waals surface area contributed by atoms with Crippen LogP contribution < -0.4 is 10.7 Å². The first kappa shape index (κ1) is 19.2. The predicted octanol–water partition coefficient (Wildman–Crippen LogP) is 1.69. The molecule has 2 N–H and O–H groups in total. The molecule has 0 aliphatic carbocycles. The zero-order chi connectivity index (χ0) is 18.6. The summed E-state index contributed by atoms with van der Waals surface area (Å²) in [7, 11) is 0. The van der Waals surface area contributed by atoms with E-state index in [0.29, 0.717) is 5.02 Å². The number of Topliss-reactive ketones (excluding diaryl/α,β-unsaturated/α-hetero) is 1. The standard InChI is InChI=1S/C17H22ClN3O4/c1-17(2,3)25-16(24)19-14(8-11-4-6-12(18)7-5-11)15(23)20-21-9-13(22)10-21/h4-7,14H,8-10H2,1-3H3,(H,19,24)(H,20,23)/t14-/m1/s1. The Balaban J connectivity index is 2.03. The summed E-state index contributed by atoms with van der Waals surface area (Å²) >= 11 is 5.87. The van der Waals surface area contributed by atoms with E-state index in [1.165, 1.54) is 5.01 Å². The van der Waals surface area contributed by atoms with E-state index in [1.54, 1.807) is 45.0 Å². The fraction of sp³-hybridized carbons (Fsp3) is 0.471. The lowest BCUT2D eigenvalue weighted by molar-refractivity contribution is -0.138. The van der Waals surface area contributed by atoms with E-state index in [0.717, 1.165) is 5.56 Å². The van der Waals surface area contributed by atoms with Crippen molar-refractivity contribution in [3.63, 3.8) is 0 Å². The van der Waals surface area contributed by atoms with Gasteiger partial charge in [-0.15, -0.1) is 0 Å². The Morgan fingerprint density at radius 1 is 1.24 bits per heavy atom. The fourth-order valence-corrected chi connectivity index (χ4v) is 2.33. The molecule has 8 heteroatoms. The van der Waals surface area contributed by atoms with Gasteiger partial charge in [0.15, 0.2) is 5.78 Å². The molecule has 0 unspecified atom stereocenters. The van der Waals surface area contributed by atoms with Gasteiger partial charge in [0.1, 0.15) is 11.6 Å². The molecule has 1 fully saturated rings. The van der Waals surface area contributed by atoms with Crippen LogP contribution in [0.4, 0.5) is 4.79 Å². The molecular weight excluding hydrogens is 346 g/mol. The van der Waals surface area contributed by atoms with Gasteiger partial charge in [0.2, 0.25) is 0 Å². The maximum Gasteiger partial charge on any atom is 0.408 e. The molecule has 0 radical (unpaired) electrons. The number of nitrogens with one attached hydrogen (secondary N) is 2. The van der Waals surface area contributed by atoms with Crippen LogP contribution in [0.2, 0.25) is 5.02 Å². The highest BCUT2D eigenvalue weighted by atomic mass is 35.5. The number of hydrogen-bond acceptors (Lipinski definition) is 5. The van der Waals surface area contributed by atoms with Crippen molar-refractivity contribution in [1.29, 1.82) is 0 Å². The van der Waals surface area contributed by atoms with Gasteiger partial charge in [-0.1, -0.05) is 23.7 Å². The van der Waals surface area contributed by atoms with Crippen molar-refractivity contribution in [2.45, 2.75) is 38.8 Å². The van der Waals surface area contributed by atoms with Gasteiger partial charge in [0.25, 0.3) is 5.91 Å². The lowest BCUT2D eigenvalue weighted by Gasteiger charge is -2.31. The van der Waals surface area contributed by atoms with Gasteiger partial charge in [0.05, 0.1) is 13.1 Å². The largest absolute Gasteiger partial charge is 0.444 e. The van der Waals surface area contributed by atoms with Crippen LogP contribution in [-0.4, -0.2) is 47.5 Å². The molecule has 1 heterocycles. The van der Waals surface area contributed by atoms with E-state index in [9.17, 15) is 14.4 Å². The summed E-state index contributed by atoms with van der Waals surface area (Å²) in [5.74, 6) is -0.358. The molecule has 1 aliphatic rings. The first-order valence-corrected chi connectivity index (χ1v) is 8.31. The van der Waals surface area contributed by atoms with Crippen LogP contribution in [0.15, 0.2) is 24.3 Å². The van der Waals surface area contributed by atoms with Gasteiger partial charge in [-0.2, -0.15) is 0 Å². The minimum atomic E-state index is -0.841. The highest BCUT2D eigenvalue weighted by Gasteiger charge is 2.30. The number of alkyl carbamates (subject to hydrolysis) is 1. The number of ketones is 1. The topological polar surface area (TPSA) is 87.7 Å². The minimum absolute atomic E-state index is 0.0506. The minimum Gasteiger partial charge on any atom is -0.444 e. The second-order valence-corrected chi connectivity index (χ2v) is 7.34. The molecule has 0 spiro atoms. The van der Waals surface area contributed by atoms with Crippen LogP contribution in [0.5, 0.6) is 0 Å². The number of carbonyl (C=O) groups is 3. The van der Waals surface area contributed by atoms with E-state index in [1.807, 2.05) is 0 Å². The van der Waals surface area contributed by atoms with Crippen LogP contribution in [0.1, 0.15) is 26.3 Å². The SMILES string of the molecule is CC(C)(C)OC(=O)N[C@H](Cc1ccc(Cl)cc1)C(=O)NN1CC(=O)C1. The molecular formula is C17H22ClN3O4. The lowest BCUT2D eigenvalue weighted by atomic mass is 10.1. The summed E-state index contributed by atoms with van der Waals surface area (Å²) in [6.07, 6.45) is -0.411. The van der Waals surface area contributed by atoms with Crippen molar-refractivity contribution in [2.24, 2.45) is 0 Å². The second kappa shape index (κ2) is 7.84. The van der Waals surface area contributed by atoms with Crippen molar-refractivity contribution < 1.29 is 19.1 Å². The third kappa shape index (κ3) is 6.36. The number of halogens is 1. The maximum atomic E-state index is 12.5. The first-order valence-electron chi connectivity index (χ1n) is 7.93. The number of nitrogens with zero attached hydrogens (tertiary/aromatic N) is 1. The molecule has 2 amide bonds. The van der Waals surface area contributed by atoms with E-state index in [4.69, 9.17) is 16.3 Å². The summed E-state index contributed by atoms with van der Waals surface area (Å²) in [5, 5.41) is 4.67. The molecule has 7 nitrogen and oxygen atoms in total. The fourth-order valence-electron chi connectivity index (χ4n) is 2.21. The third-order valence-electron chi connectivity index (χ3n) is 3.36. The Labute approximate surface area is 151 Å². The van der Waals surface area contributed by atoms with Gasteiger partial charge >= 0.3 is 6.09 Å². The molecule has 1 aromatic rings. The van der Waals surface area contributed by atoms with Crippen molar-refractivity contribution >= 4 is 29.4 Å². The van der Waals surface area contributed by atoms with Crippen molar-refractivity contribution in [3.05, 3.63) is 34.9 Å². The third-order valence-corrected chi connectivity index (χ3v) is 3.62. The van der Waals surface area contributed by atoms with Crippen LogP contribution in [-0.2, 0) is 20.7 Å². The van der Waals surface area contributed by atoms with E-state index >= 15 is 0 Å². The summed E-state index contributed by atoms with van der Waals surface area (Å²) in [5.41, 5.74) is 2.79. The van der Waals surface area contributed by atoms with Gasteiger partial charge in [-0.3, -0.25) is 15.0 Å². The van der Waals surface area contributed by atoms with Gasteiger partial charge < -0.3 is 10.1 Å². The maximum absolute atomic E-state index is 12.5. The predicted molar refractivity (Wildman–Crippen MR) is 93.0 cm³/mol. The average molecular weight is 368 g/mol. The molecule has 0 aromatic heterocycles. The monoisotopic (exact) mass is 367 g/mol. The number of hydrogen-bond donors (Lipinski definition) is 2. The number of rotatable bonds is 5.